The van der Waals surface area contributed by atoms with Crippen LogP contribution in [0.15, 0.2) is 4.79 Å². The second-order valence-corrected chi connectivity index (χ2v) is 6.72. The van der Waals surface area contributed by atoms with Gasteiger partial charge in [0.1, 0.15) is 28.0 Å². The molecule has 0 amide bonds. The van der Waals surface area contributed by atoms with Gasteiger partial charge in [0, 0.05) is 13.0 Å². The topological polar surface area (TPSA) is 47.8 Å². The van der Waals surface area contributed by atoms with E-state index in [1.165, 1.54) is 17.4 Å². The highest BCUT2D eigenvalue weighted by Crippen LogP contribution is 2.39. The van der Waals surface area contributed by atoms with Gasteiger partial charge in [-0.1, -0.05) is 12.8 Å². The molecule has 0 aliphatic heterocycles. The Hall–Kier alpha value is -0.940. The molecule has 0 saturated heterocycles. The standard InChI is InChI=1S/C12H15ClN3OS/c1-16-11(17)8-9(7-5-3-4-6-7)15-18(2)10(8)14-12(16)13/h7H,3-6H2,1-2H3/q+1. The Morgan fingerprint density at radius 1 is 1.39 bits per heavy atom. The van der Waals surface area contributed by atoms with Gasteiger partial charge >= 0.3 is 4.83 Å². The van der Waals surface area contributed by atoms with Gasteiger partial charge < -0.3 is 0 Å². The van der Waals surface area contributed by atoms with Crippen molar-refractivity contribution in [3.8, 4) is 0 Å². The molecule has 0 radical (unpaired) electrons. The van der Waals surface area contributed by atoms with E-state index < -0.39 is 0 Å². The van der Waals surface area contributed by atoms with Crippen molar-refractivity contribution in [3.63, 3.8) is 0 Å². The van der Waals surface area contributed by atoms with Crippen LogP contribution in [0.3, 0.4) is 0 Å². The lowest BCUT2D eigenvalue weighted by Crippen LogP contribution is -2.19. The SMILES string of the molecule is Cn1c(Cl)nc2c(c(C3CCCC3)n[s+]2C)c1=O. The molecule has 18 heavy (non-hydrogen) atoms. The summed E-state index contributed by atoms with van der Waals surface area (Å²) in [6.07, 6.45) is 6.75. The molecule has 2 aromatic heterocycles. The number of hydrogen-bond donors (Lipinski definition) is 0. The van der Waals surface area contributed by atoms with Gasteiger partial charge in [0.2, 0.25) is 5.28 Å². The van der Waals surface area contributed by atoms with Crippen LogP contribution in [0.25, 0.3) is 10.2 Å². The average molecular weight is 285 g/mol. The van der Waals surface area contributed by atoms with Gasteiger partial charge in [0.25, 0.3) is 5.56 Å². The summed E-state index contributed by atoms with van der Waals surface area (Å²) in [5.41, 5.74) is 0.936. The molecule has 1 fully saturated rings. The zero-order valence-electron chi connectivity index (χ0n) is 10.4. The fourth-order valence-electron chi connectivity index (χ4n) is 2.70. The van der Waals surface area contributed by atoms with E-state index in [1.807, 2.05) is 6.26 Å². The monoisotopic (exact) mass is 284 g/mol. The Morgan fingerprint density at radius 3 is 2.72 bits per heavy atom. The number of halogens is 1. The summed E-state index contributed by atoms with van der Waals surface area (Å²) < 4.78 is 6.10. The maximum Gasteiger partial charge on any atom is 0.307 e. The summed E-state index contributed by atoms with van der Waals surface area (Å²) in [7, 11) is 1.34. The summed E-state index contributed by atoms with van der Waals surface area (Å²) in [5, 5.41) is 0.973. The van der Waals surface area contributed by atoms with Crippen LogP contribution in [0.2, 0.25) is 5.28 Å². The van der Waals surface area contributed by atoms with Crippen LogP contribution in [0.5, 0.6) is 0 Å². The van der Waals surface area contributed by atoms with Crippen LogP contribution < -0.4 is 5.56 Å². The predicted octanol–water partition coefficient (Wildman–Crippen LogP) is 2.93. The highest BCUT2D eigenvalue weighted by molar-refractivity contribution is 7.30. The van der Waals surface area contributed by atoms with E-state index in [0.29, 0.717) is 5.92 Å². The van der Waals surface area contributed by atoms with Crippen molar-refractivity contribution < 1.29 is 0 Å². The Morgan fingerprint density at radius 2 is 2.06 bits per heavy atom. The van der Waals surface area contributed by atoms with Crippen molar-refractivity contribution in [2.75, 3.05) is 0 Å². The van der Waals surface area contributed by atoms with Crippen molar-refractivity contribution in [2.45, 2.75) is 31.6 Å². The van der Waals surface area contributed by atoms with Crippen LogP contribution in [-0.2, 0) is 13.3 Å². The first-order valence-corrected chi connectivity index (χ1v) is 8.08. The molecule has 2 heterocycles. The number of rotatable bonds is 1. The number of hydrogen-bond acceptors (Lipinski definition) is 3. The van der Waals surface area contributed by atoms with Crippen LogP contribution in [0.1, 0.15) is 37.3 Å². The van der Waals surface area contributed by atoms with E-state index in [2.05, 4.69) is 4.98 Å². The first kappa shape index (κ1) is 12.1. The third-order valence-corrected chi connectivity index (χ3v) is 5.38. The third kappa shape index (κ3) is 1.68. The van der Waals surface area contributed by atoms with Crippen molar-refractivity contribution in [2.24, 2.45) is 13.3 Å². The van der Waals surface area contributed by atoms with E-state index >= 15 is 0 Å². The lowest BCUT2D eigenvalue weighted by Gasteiger charge is -2.03. The number of nitrogens with zero attached hydrogens (tertiary/aromatic N) is 3. The smallest absolute Gasteiger partial charge is 0.286 e. The van der Waals surface area contributed by atoms with E-state index in [-0.39, 0.29) is 21.5 Å². The van der Waals surface area contributed by atoms with Gasteiger partial charge in [-0.2, -0.15) is 4.98 Å². The molecular weight excluding hydrogens is 270 g/mol. The minimum absolute atomic E-state index is 0.0486. The molecule has 0 bridgehead atoms. The van der Waals surface area contributed by atoms with E-state index in [9.17, 15) is 4.79 Å². The molecule has 1 aliphatic carbocycles. The fraction of sp³-hybridized carbons (Fsp3) is 0.583. The lowest BCUT2D eigenvalue weighted by molar-refractivity contribution is 0.710. The molecule has 1 unspecified atom stereocenters. The normalized spacial score (nSPS) is 17.8. The van der Waals surface area contributed by atoms with Gasteiger partial charge in [-0.25, -0.2) is 0 Å². The van der Waals surface area contributed by atoms with E-state index in [0.717, 1.165) is 28.8 Å². The van der Waals surface area contributed by atoms with Crippen LogP contribution in [0.4, 0.5) is 0 Å². The molecule has 0 aromatic carbocycles. The Kier molecular flexibility index (Phi) is 2.90. The first-order valence-electron chi connectivity index (χ1n) is 6.11. The van der Waals surface area contributed by atoms with Gasteiger partial charge in [-0.05, 0) is 28.8 Å². The van der Waals surface area contributed by atoms with Crippen molar-refractivity contribution in [3.05, 3.63) is 21.3 Å². The molecule has 0 spiro atoms. The van der Waals surface area contributed by atoms with E-state index in [4.69, 9.17) is 16.0 Å². The molecule has 6 heteroatoms. The van der Waals surface area contributed by atoms with Gasteiger partial charge in [0.05, 0.1) is 0 Å². The quantitative estimate of drug-likeness (QED) is 0.597. The second kappa shape index (κ2) is 4.31. The van der Waals surface area contributed by atoms with E-state index in [1.54, 1.807) is 7.05 Å². The van der Waals surface area contributed by atoms with Crippen LogP contribution in [-0.4, -0.2) is 13.9 Å². The third-order valence-electron chi connectivity index (χ3n) is 3.72. The van der Waals surface area contributed by atoms with Gasteiger partial charge in [-0.3, -0.25) is 9.36 Å². The zero-order valence-corrected chi connectivity index (χ0v) is 12.0. The maximum atomic E-state index is 12.4. The summed E-state index contributed by atoms with van der Waals surface area (Å²) in [5.74, 6) is 0.442. The summed E-state index contributed by atoms with van der Waals surface area (Å²) >= 11 is 5.98. The highest BCUT2D eigenvalue weighted by Gasteiger charge is 2.30. The molecule has 2 aromatic rings. The summed E-state index contributed by atoms with van der Waals surface area (Å²) in [6.45, 7) is 0. The minimum Gasteiger partial charge on any atom is -0.286 e. The second-order valence-electron chi connectivity index (χ2n) is 4.86. The molecular formula is C12H15ClN3OS+. The number of fused-ring (bicyclic) bond motifs is 1. The van der Waals surface area contributed by atoms with Crippen molar-refractivity contribution in [1.29, 1.82) is 0 Å². The summed E-state index contributed by atoms with van der Waals surface area (Å²) in [6, 6.07) is 0. The maximum absolute atomic E-state index is 12.4. The molecule has 96 valence electrons. The summed E-state index contributed by atoms with van der Waals surface area (Å²) in [4.78, 5) is 17.5. The van der Waals surface area contributed by atoms with Gasteiger partial charge in [-0.15, -0.1) is 0 Å². The average Bonchev–Trinajstić information content (AvgIpc) is 2.95. The van der Waals surface area contributed by atoms with Crippen LogP contribution >= 0.6 is 22.3 Å². The Labute approximate surface area is 113 Å². The minimum atomic E-state index is -0.324. The van der Waals surface area contributed by atoms with Gasteiger partial charge in [0.15, 0.2) is 0 Å². The van der Waals surface area contributed by atoms with Crippen molar-refractivity contribution in [1.82, 2.24) is 13.9 Å². The molecule has 4 nitrogen and oxygen atoms in total. The molecule has 1 atom stereocenters. The molecule has 3 rings (SSSR count). The molecule has 0 N–H and O–H groups in total. The molecule has 1 saturated carbocycles. The zero-order chi connectivity index (χ0) is 12.9. The van der Waals surface area contributed by atoms with Crippen LogP contribution in [0, 0.1) is 0 Å². The highest BCUT2D eigenvalue weighted by atomic mass is 35.5. The van der Waals surface area contributed by atoms with Crippen molar-refractivity contribution >= 4 is 32.5 Å². The fourth-order valence-corrected chi connectivity index (χ4v) is 4.24. The largest absolute Gasteiger partial charge is 0.307 e. The Balaban J connectivity index is 2.33. The Bertz CT molecular complexity index is 670. The predicted molar refractivity (Wildman–Crippen MR) is 74.5 cm³/mol. The molecule has 1 aliphatic rings. The lowest BCUT2D eigenvalue weighted by atomic mass is 10.0. The number of aryl methyl sites for hydroxylation is 1. The number of aromatic nitrogens is 3. The first-order chi connectivity index (χ1) is 8.59.